The van der Waals surface area contributed by atoms with Gasteiger partial charge in [0.25, 0.3) is 0 Å². The van der Waals surface area contributed by atoms with Gasteiger partial charge in [-0.1, -0.05) is 233 Å². The van der Waals surface area contributed by atoms with Crippen molar-refractivity contribution in [1.29, 1.82) is 0 Å². The maximum atomic E-state index is 13.1. The van der Waals surface area contributed by atoms with Crippen molar-refractivity contribution in [3.63, 3.8) is 0 Å². The lowest BCUT2D eigenvalue weighted by Gasteiger charge is -2.24. The Bertz CT molecular complexity index is 776. The van der Waals surface area contributed by atoms with Gasteiger partial charge in [0, 0.05) is 6.42 Å². The number of hydrogen-bond acceptors (Lipinski definition) is 5. The summed E-state index contributed by atoms with van der Waals surface area (Å²) in [4.78, 5) is 25.9. The Morgan fingerprint density at radius 3 is 1.13 bits per heavy atom. The fraction of sp³-hybridized carbons (Fsp3) is 0.958. The Morgan fingerprint density at radius 2 is 0.778 bits per heavy atom. The molecule has 322 valence electrons. The van der Waals surface area contributed by atoms with Crippen molar-refractivity contribution in [3.8, 4) is 0 Å². The molecule has 0 fully saturated rings. The smallest absolute Gasteiger partial charge is 0.306 e. The number of esters is 1. The van der Waals surface area contributed by atoms with E-state index in [2.05, 4.69) is 26.1 Å². The van der Waals surface area contributed by atoms with Gasteiger partial charge in [0.05, 0.1) is 25.2 Å². The molecule has 0 radical (unpaired) electrons. The lowest BCUT2D eigenvalue weighted by molar-refractivity contribution is -0.151. The molecule has 0 aromatic heterocycles. The van der Waals surface area contributed by atoms with Gasteiger partial charge in [0.1, 0.15) is 6.10 Å². The van der Waals surface area contributed by atoms with Crippen LogP contribution in [0.4, 0.5) is 0 Å². The minimum atomic E-state index is -0.777. The largest absolute Gasteiger partial charge is 0.462 e. The summed E-state index contributed by atoms with van der Waals surface area (Å²) in [5.74, 6) is -0.460. The molecule has 0 bridgehead atoms. The Kier molecular flexibility index (Phi) is 42.1. The van der Waals surface area contributed by atoms with Crippen LogP contribution in [0.2, 0.25) is 0 Å². The second kappa shape index (κ2) is 43.0. The van der Waals surface area contributed by atoms with Crippen molar-refractivity contribution in [3.05, 3.63) is 0 Å². The van der Waals surface area contributed by atoms with E-state index in [0.29, 0.717) is 19.3 Å². The van der Waals surface area contributed by atoms with E-state index in [4.69, 9.17) is 4.74 Å². The highest BCUT2D eigenvalue weighted by Crippen LogP contribution is 2.18. The Balaban J connectivity index is 4.34. The number of carbonyl (C=O) groups excluding carboxylic acids is 2. The normalized spacial score (nSPS) is 13.2. The maximum Gasteiger partial charge on any atom is 0.306 e. The third-order valence-electron chi connectivity index (χ3n) is 11.4. The summed E-state index contributed by atoms with van der Waals surface area (Å²) in [7, 11) is 0. The van der Waals surface area contributed by atoms with Crippen LogP contribution in [0.3, 0.4) is 0 Å². The predicted molar refractivity (Wildman–Crippen MR) is 232 cm³/mol. The Labute approximate surface area is 336 Å². The van der Waals surface area contributed by atoms with E-state index in [-0.39, 0.29) is 24.9 Å². The van der Waals surface area contributed by atoms with Gasteiger partial charge in [-0.25, -0.2) is 0 Å². The van der Waals surface area contributed by atoms with Gasteiger partial charge in [-0.15, -0.1) is 0 Å². The van der Waals surface area contributed by atoms with Gasteiger partial charge in [-0.3, -0.25) is 9.59 Å². The second-order valence-electron chi connectivity index (χ2n) is 16.9. The summed E-state index contributed by atoms with van der Waals surface area (Å²) in [5, 5.41) is 23.6. The number of unbranched alkanes of at least 4 members (excludes halogenated alkanes) is 32. The summed E-state index contributed by atoms with van der Waals surface area (Å²) in [5.41, 5.74) is 0. The van der Waals surface area contributed by atoms with Crippen LogP contribution in [0.25, 0.3) is 0 Å². The quantitative estimate of drug-likeness (QED) is 0.0424. The van der Waals surface area contributed by atoms with E-state index in [0.717, 1.165) is 38.5 Å². The van der Waals surface area contributed by atoms with Crippen molar-refractivity contribution in [2.75, 3.05) is 6.61 Å². The molecule has 0 aliphatic heterocycles. The minimum Gasteiger partial charge on any atom is -0.462 e. The van der Waals surface area contributed by atoms with Gasteiger partial charge >= 0.3 is 5.97 Å². The van der Waals surface area contributed by atoms with Gasteiger partial charge in [-0.2, -0.15) is 0 Å². The molecule has 0 saturated carbocycles. The zero-order valence-corrected chi connectivity index (χ0v) is 36.6. The molecule has 0 aromatic carbocycles. The van der Waals surface area contributed by atoms with Crippen molar-refractivity contribution < 1.29 is 24.5 Å². The van der Waals surface area contributed by atoms with Crippen LogP contribution in [-0.4, -0.2) is 46.9 Å². The molecule has 6 heteroatoms. The fourth-order valence-corrected chi connectivity index (χ4v) is 7.73. The van der Waals surface area contributed by atoms with Crippen molar-refractivity contribution >= 4 is 11.9 Å². The first-order valence-electron chi connectivity index (χ1n) is 24.3. The van der Waals surface area contributed by atoms with E-state index in [1.807, 2.05) is 0 Å². The Morgan fingerprint density at radius 1 is 0.463 bits per heavy atom. The molecule has 3 unspecified atom stereocenters. The molecule has 1 amide bonds. The molecule has 3 N–H and O–H groups in total. The zero-order chi connectivity index (χ0) is 39.6. The molecular weight excluding hydrogens is 671 g/mol. The standard InChI is InChI=1S/C48H95NO5/c1-4-7-10-13-16-18-20-22-23-24-25-27-29-32-35-38-41-48(53)54-44(39-36-33-30-15-12-9-6-3)42-47(52)49-45(43-50)46(51)40-37-34-31-28-26-21-19-17-14-11-8-5-2/h44-46,50-51H,4-43H2,1-3H3,(H,49,52). The number of aliphatic hydroxyl groups is 2. The number of rotatable bonds is 44. The van der Waals surface area contributed by atoms with Crippen LogP contribution in [0, 0.1) is 0 Å². The predicted octanol–water partition coefficient (Wildman–Crippen LogP) is 14.0. The van der Waals surface area contributed by atoms with Crippen LogP contribution in [0.5, 0.6) is 0 Å². The van der Waals surface area contributed by atoms with Crippen LogP contribution in [-0.2, 0) is 14.3 Å². The molecule has 3 atom stereocenters. The lowest BCUT2D eigenvalue weighted by Crippen LogP contribution is -2.46. The summed E-state index contributed by atoms with van der Waals surface area (Å²) < 4.78 is 5.89. The number of amides is 1. The second-order valence-corrected chi connectivity index (χ2v) is 16.9. The molecule has 54 heavy (non-hydrogen) atoms. The van der Waals surface area contributed by atoms with Crippen LogP contribution >= 0.6 is 0 Å². The topological polar surface area (TPSA) is 95.9 Å². The lowest BCUT2D eigenvalue weighted by atomic mass is 10.0. The molecule has 0 aliphatic rings. The highest BCUT2D eigenvalue weighted by molar-refractivity contribution is 5.77. The van der Waals surface area contributed by atoms with E-state index < -0.39 is 18.2 Å². The number of nitrogens with one attached hydrogen (secondary N) is 1. The van der Waals surface area contributed by atoms with E-state index in [9.17, 15) is 19.8 Å². The van der Waals surface area contributed by atoms with Crippen LogP contribution in [0.15, 0.2) is 0 Å². The average Bonchev–Trinajstić information content (AvgIpc) is 3.16. The van der Waals surface area contributed by atoms with Crippen molar-refractivity contribution in [2.45, 2.75) is 289 Å². The molecule has 0 aliphatic carbocycles. The van der Waals surface area contributed by atoms with E-state index >= 15 is 0 Å². The van der Waals surface area contributed by atoms with E-state index in [1.54, 1.807) is 0 Å². The van der Waals surface area contributed by atoms with Gasteiger partial charge in [0.15, 0.2) is 0 Å². The average molecular weight is 766 g/mol. The van der Waals surface area contributed by atoms with Gasteiger partial charge in [0.2, 0.25) is 5.91 Å². The molecule has 0 heterocycles. The summed E-state index contributed by atoms with van der Waals surface area (Å²) in [6, 6.07) is -0.690. The number of hydrogen-bond donors (Lipinski definition) is 3. The molecule has 0 aromatic rings. The molecule has 0 saturated heterocycles. The van der Waals surface area contributed by atoms with Crippen LogP contribution < -0.4 is 5.32 Å². The maximum absolute atomic E-state index is 13.1. The van der Waals surface area contributed by atoms with Crippen LogP contribution in [0.1, 0.15) is 271 Å². The SMILES string of the molecule is CCCCCCCCCCCCCCCCCCC(=O)OC(CCCCCCCCC)CC(=O)NC(CO)C(O)CCCCCCCCCCCCCC. The summed E-state index contributed by atoms with van der Waals surface area (Å²) in [6.07, 6.45) is 44.6. The molecule has 0 spiro atoms. The first kappa shape index (κ1) is 52.9. The first-order chi connectivity index (χ1) is 26.5. The fourth-order valence-electron chi connectivity index (χ4n) is 7.73. The van der Waals surface area contributed by atoms with E-state index in [1.165, 1.54) is 186 Å². The summed E-state index contributed by atoms with van der Waals surface area (Å²) in [6.45, 7) is 6.47. The van der Waals surface area contributed by atoms with Gasteiger partial charge in [-0.05, 0) is 25.7 Å². The highest BCUT2D eigenvalue weighted by Gasteiger charge is 2.24. The van der Waals surface area contributed by atoms with Gasteiger partial charge < -0.3 is 20.3 Å². The monoisotopic (exact) mass is 766 g/mol. The van der Waals surface area contributed by atoms with Crippen molar-refractivity contribution in [2.24, 2.45) is 0 Å². The minimum absolute atomic E-state index is 0.0857. The molecule has 0 rings (SSSR count). The number of aliphatic hydroxyl groups excluding tert-OH is 2. The Hall–Kier alpha value is -1.14. The number of carbonyl (C=O) groups is 2. The molecular formula is C48H95NO5. The summed E-state index contributed by atoms with van der Waals surface area (Å²) >= 11 is 0. The number of ether oxygens (including phenoxy) is 1. The van der Waals surface area contributed by atoms with Crippen molar-refractivity contribution in [1.82, 2.24) is 5.32 Å². The molecule has 6 nitrogen and oxygen atoms in total. The highest BCUT2D eigenvalue weighted by atomic mass is 16.5. The first-order valence-corrected chi connectivity index (χ1v) is 24.3. The third-order valence-corrected chi connectivity index (χ3v) is 11.4. The third kappa shape index (κ3) is 37.8. The zero-order valence-electron chi connectivity index (χ0n) is 36.6.